The summed E-state index contributed by atoms with van der Waals surface area (Å²) in [6, 6.07) is 14.4. The Kier molecular flexibility index (Phi) is 17.9. The summed E-state index contributed by atoms with van der Waals surface area (Å²) in [5, 5.41) is 0. The van der Waals surface area contributed by atoms with E-state index in [4.69, 9.17) is 18.9 Å². The summed E-state index contributed by atoms with van der Waals surface area (Å²) in [7, 11) is 0. The van der Waals surface area contributed by atoms with E-state index in [1.807, 2.05) is 31.2 Å². The van der Waals surface area contributed by atoms with Crippen molar-refractivity contribution in [3.8, 4) is 17.2 Å². The Balaban J connectivity index is 1.56. The lowest BCUT2D eigenvalue weighted by atomic mass is 10.1. The van der Waals surface area contributed by atoms with E-state index < -0.39 is 0 Å². The van der Waals surface area contributed by atoms with Gasteiger partial charge in [0.1, 0.15) is 17.2 Å². The summed E-state index contributed by atoms with van der Waals surface area (Å²) in [4.78, 5) is 12.5. The normalized spacial score (nSPS) is 11.8. The van der Waals surface area contributed by atoms with Crippen molar-refractivity contribution in [3.63, 3.8) is 0 Å². The molecule has 5 heteroatoms. The standard InChI is InChI=1S/C34H52O5/c1-4-6-7-8-9-10-11-12-13-16-27-37-31-21-19-30(20-22-31)34(35)39-33-25-23-32(24-26-33)38-28-17-14-15-18-29(3)36-5-2/h19-26,29H,4-18,27-28H2,1-3H3. The molecular weight excluding hydrogens is 488 g/mol. The van der Waals surface area contributed by atoms with Crippen molar-refractivity contribution >= 4 is 5.97 Å². The first-order valence-corrected chi connectivity index (χ1v) is 15.4. The number of carbonyl (C=O) groups is 1. The van der Waals surface area contributed by atoms with Crippen LogP contribution in [0.3, 0.4) is 0 Å². The van der Waals surface area contributed by atoms with Gasteiger partial charge in [0, 0.05) is 6.61 Å². The molecule has 0 heterocycles. The number of hydrogen-bond donors (Lipinski definition) is 0. The molecule has 0 N–H and O–H groups in total. The second-order valence-corrected chi connectivity index (χ2v) is 10.4. The fourth-order valence-electron chi connectivity index (χ4n) is 4.51. The van der Waals surface area contributed by atoms with Crippen molar-refractivity contribution in [1.82, 2.24) is 0 Å². The predicted molar refractivity (Wildman–Crippen MR) is 160 cm³/mol. The van der Waals surface area contributed by atoms with Crippen LogP contribution in [0.4, 0.5) is 0 Å². The van der Waals surface area contributed by atoms with E-state index in [0.717, 1.165) is 50.2 Å². The Morgan fingerprint density at radius 3 is 1.62 bits per heavy atom. The second-order valence-electron chi connectivity index (χ2n) is 10.4. The molecular formula is C34H52O5. The number of carbonyl (C=O) groups excluding carboxylic acids is 1. The van der Waals surface area contributed by atoms with Gasteiger partial charge in [-0.25, -0.2) is 4.79 Å². The first kappa shape index (κ1) is 32.7. The summed E-state index contributed by atoms with van der Waals surface area (Å²) in [5.41, 5.74) is 0.500. The molecule has 5 nitrogen and oxygen atoms in total. The summed E-state index contributed by atoms with van der Waals surface area (Å²) in [6.07, 6.45) is 17.8. The molecule has 1 unspecified atom stereocenters. The maximum absolute atomic E-state index is 12.5. The van der Waals surface area contributed by atoms with E-state index >= 15 is 0 Å². The molecule has 39 heavy (non-hydrogen) atoms. The van der Waals surface area contributed by atoms with Gasteiger partial charge in [-0.3, -0.25) is 0 Å². The lowest BCUT2D eigenvalue weighted by Crippen LogP contribution is -2.08. The average molecular weight is 541 g/mol. The first-order chi connectivity index (χ1) is 19.1. The number of benzene rings is 2. The van der Waals surface area contributed by atoms with Crippen LogP contribution in [-0.4, -0.2) is 31.9 Å². The third-order valence-electron chi connectivity index (χ3n) is 6.87. The first-order valence-electron chi connectivity index (χ1n) is 15.4. The van der Waals surface area contributed by atoms with Gasteiger partial charge in [0.2, 0.25) is 0 Å². The third-order valence-corrected chi connectivity index (χ3v) is 6.87. The van der Waals surface area contributed by atoms with E-state index in [-0.39, 0.29) is 5.97 Å². The zero-order chi connectivity index (χ0) is 28.0. The molecule has 0 aliphatic heterocycles. The Bertz CT molecular complexity index is 862. The molecule has 0 aliphatic rings. The van der Waals surface area contributed by atoms with Gasteiger partial charge < -0.3 is 18.9 Å². The Labute approximate surface area is 237 Å². The van der Waals surface area contributed by atoms with Crippen LogP contribution in [0.5, 0.6) is 17.2 Å². The molecule has 0 aromatic heterocycles. The van der Waals surface area contributed by atoms with Gasteiger partial charge in [-0.2, -0.15) is 0 Å². The molecule has 0 spiro atoms. The number of unbranched alkanes of at least 4 members (excludes halogenated alkanes) is 11. The van der Waals surface area contributed by atoms with Gasteiger partial charge in [0.05, 0.1) is 24.9 Å². The molecule has 1 atom stereocenters. The minimum Gasteiger partial charge on any atom is -0.494 e. The number of ether oxygens (including phenoxy) is 4. The minimum absolute atomic E-state index is 0.330. The summed E-state index contributed by atoms with van der Waals surface area (Å²) in [6.45, 7) is 8.58. The molecule has 0 fully saturated rings. The van der Waals surface area contributed by atoms with Crippen LogP contribution in [-0.2, 0) is 4.74 Å². The van der Waals surface area contributed by atoms with E-state index in [0.29, 0.717) is 30.6 Å². The zero-order valence-corrected chi connectivity index (χ0v) is 24.8. The van der Waals surface area contributed by atoms with E-state index in [9.17, 15) is 4.79 Å². The summed E-state index contributed by atoms with van der Waals surface area (Å²) < 4.78 is 22.7. The molecule has 0 bridgehead atoms. The van der Waals surface area contributed by atoms with Gasteiger partial charge in [0.25, 0.3) is 0 Å². The van der Waals surface area contributed by atoms with Crippen molar-refractivity contribution in [2.24, 2.45) is 0 Å². The highest BCUT2D eigenvalue weighted by Gasteiger charge is 2.09. The van der Waals surface area contributed by atoms with Crippen LogP contribution in [0.25, 0.3) is 0 Å². The molecule has 0 amide bonds. The lowest BCUT2D eigenvalue weighted by Gasteiger charge is -2.11. The SMILES string of the molecule is CCCCCCCCCCCCOc1ccc(C(=O)Oc2ccc(OCCCCCC(C)OCC)cc2)cc1. The van der Waals surface area contributed by atoms with Gasteiger partial charge in [0.15, 0.2) is 0 Å². The van der Waals surface area contributed by atoms with Crippen molar-refractivity contribution in [1.29, 1.82) is 0 Å². The summed E-state index contributed by atoms with van der Waals surface area (Å²) >= 11 is 0. The van der Waals surface area contributed by atoms with Crippen LogP contribution in [0, 0.1) is 0 Å². The van der Waals surface area contributed by atoms with Gasteiger partial charge in [-0.05, 0) is 88.1 Å². The molecule has 2 aromatic carbocycles. The second kappa shape index (κ2) is 21.3. The zero-order valence-electron chi connectivity index (χ0n) is 24.8. The van der Waals surface area contributed by atoms with Crippen molar-refractivity contribution < 1.29 is 23.7 Å². The van der Waals surface area contributed by atoms with Crippen LogP contribution < -0.4 is 14.2 Å². The maximum Gasteiger partial charge on any atom is 0.343 e. The van der Waals surface area contributed by atoms with Crippen molar-refractivity contribution in [2.75, 3.05) is 19.8 Å². The Morgan fingerprint density at radius 2 is 1.08 bits per heavy atom. The molecule has 2 aromatic rings. The van der Waals surface area contributed by atoms with Crippen molar-refractivity contribution in [2.45, 2.75) is 117 Å². The fourth-order valence-corrected chi connectivity index (χ4v) is 4.51. The molecule has 218 valence electrons. The number of rotatable bonds is 23. The number of hydrogen-bond acceptors (Lipinski definition) is 5. The Morgan fingerprint density at radius 1 is 0.615 bits per heavy atom. The Hall–Kier alpha value is -2.53. The quantitative estimate of drug-likeness (QED) is 0.0798. The highest BCUT2D eigenvalue weighted by Crippen LogP contribution is 2.20. The average Bonchev–Trinajstić information content (AvgIpc) is 2.95. The number of esters is 1. The highest BCUT2D eigenvalue weighted by atomic mass is 16.5. The van der Waals surface area contributed by atoms with E-state index in [1.54, 1.807) is 24.3 Å². The fraction of sp³-hybridized carbons (Fsp3) is 0.618. The topological polar surface area (TPSA) is 54.0 Å². The van der Waals surface area contributed by atoms with Gasteiger partial charge >= 0.3 is 5.97 Å². The lowest BCUT2D eigenvalue weighted by molar-refractivity contribution is 0.0681. The minimum atomic E-state index is -0.383. The van der Waals surface area contributed by atoms with Crippen LogP contribution in [0.2, 0.25) is 0 Å². The smallest absolute Gasteiger partial charge is 0.343 e. The van der Waals surface area contributed by atoms with Crippen LogP contribution in [0.1, 0.15) is 121 Å². The molecule has 0 radical (unpaired) electrons. The predicted octanol–water partition coefficient (Wildman–Crippen LogP) is 9.57. The van der Waals surface area contributed by atoms with Crippen LogP contribution in [0.15, 0.2) is 48.5 Å². The molecule has 0 aliphatic carbocycles. The van der Waals surface area contributed by atoms with Gasteiger partial charge in [-0.15, -0.1) is 0 Å². The largest absolute Gasteiger partial charge is 0.494 e. The molecule has 0 saturated carbocycles. The van der Waals surface area contributed by atoms with Crippen molar-refractivity contribution in [3.05, 3.63) is 54.1 Å². The highest BCUT2D eigenvalue weighted by molar-refractivity contribution is 5.91. The molecule has 2 rings (SSSR count). The molecule has 0 saturated heterocycles. The third kappa shape index (κ3) is 15.6. The maximum atomic E-state index is 12.5. The summed E-state index contributed by atoms with van der Waals surface area (Å²) in [5.74, 6) is 1.68. The monoisotopic (exact) mass is 540 g/mol. The van der Waals surface area contributed by atoms with Crippen LogP contribution >= 0.6 is 0 Å². The van der Waals surface area contributed by atoms with E-state index in [1.165, 1.54) is 57.8 Å². The van der Waals surface area contributed by atoms with E-state index in [2.05, 4.69) is 13.8 Å². The van der Waals surface area contributed by atoms with Gasteiger partial charge in [-0.1, -0.05) is 71.1 Å².